The van der Waals surface area contributed by atoms with Gasteiger partial charge in [-0.1, -0.05) is 49.2 Å². The standard InChI is InChI=1S/C16H18/c1-12-10-14-8-4-5-9-15(14)11-16(12)13-6-2-3-7-13/h4-5,8-11,13H,2-3,6-7H2,1H3. The molecule has 0 bridgehead atoms. The van der Waals surface area contributed by atoms with Crippen molar-refractivity contribution in [3.8, 4) is 0 Å². The first-order chi connectivity index (χ1) is 7.84. The van der Waals surface area contributed by atoms with Crippen LogP contribution < -0.4 is 0 Å². The second kappa shape index (κ2) is 3.93. The summed E-state index contributed by atoms with van der Waals surface area (Å²) in [6.07, 6.45) is 5.60. The van der Waals surface area contributed by atoms with Gasteiger partial charge in [-0.2, -0.15) is 0 Å². The highest BCUT2D eigenvalue weighted by molar-refractivity contribution is 5.84. The molecule has 3 rings (SSSR count). The Balaban J connectivity index is 2.13. The van der Waals surface area contributed by atoms with Gasteiger partial charge >= 0.3 is 0 Å². The Kier molecular flexibility index (Phi) is 2.43. The van der Waals surface area contributed by atoms with E-state index in [1.165, 1.54) is 42.0 Å². The maximum Gasteiger partial charge on any atom is -0.0159 e. The lowest BCUT2D eigenvalue weighted by molar-refractivity contribution is 0.719. The minimum atomic E-state index is 0.824. The number of benzene rings is 2. The first-order valence-electron chi connectivity index (χ1n) is 6.34. The van der Waals surface area contributed by atoms with Crippen molar-refractivity contribution < 1.29 is 0 Å². The lowest BCUT2D eigenvalue weighted by Crippen LogP contribution is -1.95. The average molecular weight is 210 g/mol. The molecule has 2 aromatic carbocycles. The van der Waals surface area contributed by atoms with E-state index in [4.69, 9.17) is 0 Å². The Labute approximate surface area is 97.3 Å². The van der Waals surface area contributed by atoms with Crippen molar-refractivity contribution in [1.82, 2.24) is 0 Å². The van der Waals surface area contributed by atoms with Crippen LogP contribution in [0.15, 0.2) is 36.4 Å². The van der Waals surface area contributed by atoms with Gasteiger partial charge in [0.25, 0.3) is 0 Å². The van der Waals surface area contributed by atoms with E-state index in [0.717, 1.165) is 5.92 Å². The van der Waals surface area contributed by atoms with E-state index in [1.807, 2.05) is 0 Å². The molecule has 0 unspecified atom stereocenters. The summed E-state index contributed by atoms with van der Waals surface area (Å²) in [5.41, 5.74) is 3.07. The molecule has 1 aliphatic rings. The second-order valence-corrected chi connectivity index (χ2v) is 5.04. The molecule has 2 aromatic rings. The van der Waals surface area contributed by atoms with Crippen LogP contribution in [-0.2, 0) is 0 Å². The molecule has 0 aliphatic heterocycles. The first kappa shape index (κ1) is 9.89. The van der Waals surface area contributed by atoms with E-state index in [9.17, 15) is 0 Å². The van der Waals surface area contributed by atoms with Crippen LogP contribution in [0.5, 0.6) is 0 Å². The molecular formula is C16H18. The largest absolute Gasteiger partial charge is 0.0616 e. The Morgan fingerprint density at radius 3 is 2.25 bits per heavy atom. The fourth-order valence-corrected chi connectivity index (χ4v) is 3.05. The van der Waals surface area contributed by atoms with Gasteiger partial charge in [0.1, 0.15) is 0 Å². The fourth-order valence-electron chi connectivity index (χ4n) is 3.05. The van der Waals surface area contributed by atoms with Crippen molar-refractivity contribution >= 4 is 10.8 Å². The smallest absolute Gasteiger partial charge is 0.0159 e. The average Bonchev–Trinajstić information content (AvgIpc) is 2.81. The minimum Gasteiger partial charge on any atom is -0.0616 e. The molecule has 1 saturated carbocycles. The van der Waals surface area contributed by atoms with Gasteiger partial charge in [-0.3, -0.25) is 0 Å². The lowest BCUT2D eigenvalue weighted by atomic mass is 9.91. The van der Waals surface area contributed by atoms with Crippen molar-refractivity contribution in [2.75, 3.05) is 0 Å². The maximum absolute atomic E-state index is 2.42. The SMILES string of the molecule is Cc1cc2ccccc2cc1C1CCCC1. The molecule has 0 spiro atoms. The van der Waals surface area contributed by atoms with E-state index < -0.39 is 0 Å². The van der Waals surface area contributed by atoms with Gasteiger partial charge in [0.05, 0.1) is 0 Å². The quantitative estimate of drug-likeness (QED) is 0.634. The zero-order chi connectivity index (χ0) is 11.0. The number of fused-ring (bicyclic) bond motifs is 1. The zero-order valence-corrected chi connectivity index (χ0v) is 9.87. The number of rotatable bonds is 1. The van der Waals surface area contributed by atoms with Crippen molar-refractivity contribution in [3.05, 3.63) is 47.5 Å². The topological polar surface area (TPSA) is 0 Å². The summed E-state index contributed by atoms with van der Waals surface area (Å²) in [6.45, 7) is 2.26. The van der Waals surface area contributed by atoms with Crippen molar-refractivity contribution in [3.63, 3.8) is 0 Å². The highest BCUT2D eigenvalue weighted by atomic mass is 14.2. The van der Waals surface area contributed by atoms with Crippen LogP contribution in [0.25, 0.3) is 10.8 Å². The van der Waals surface area contributed by atoms with Crippen LogP contribution in [0.4, 0.5) is 0 Å². The first-order valence-corrected chi connectivity index (χ1v) is 6.34. The maximum atomic E-state index is 2.42. The molecule has 1 fully saturated rings. The van der Waals surface area contributed by atoms with Gasteiger partial charge in [-0.05, 0) is 47.6 Å². The molecule has 82 valence electrons. The van der Waals surface area contributed by atoms with E-state index in [0.29, 0.717) is 0 Å². The van der Waals surface area contributed by atoms with E-state index in [2.05, 4.69) is 43.3 Å². The van der Waals surface area contributed by atoms with Gasteiger partial charge < -0.3 is 0 Å². The molecule has 1 aliphatic carbocycles. The lowest BCUT2D eigenvalue weighted by Gasteiger charge is -2.14. The summed E-state index contributed by atoms with van der Waals surface area (Å²) in [4.78, 5) is 0. The van der Waals surface area contributed by atoms with Crippen LogP contribution in [0.1, 0.15) is 42.7 Å². The third kappa shape index (κ3) is 1.63. The van der Waals surface area contributed by atoms with Crippen LogP contribution in [-0.4, -0.2) is 0 Å². The van der Waals surface area contributed by atoms with Gasteiger partial charge in [0.2, 0.25) is 0 Å². The fraction of sp³-hybridized carbons (Fsp3) is 0.375. The predicted octanol–water partition coefficient (Wildman–Crippen LogP) is 4.81. The molecule has 0 heteroatoms. The van der Waals surface area contributed by atoms with Gasteiger partial charge in [0, 0.05) is 0 Å². The Bertz CT molecular complexity index is 504. The Hall–Kier alpha value is -1.30. The van der Waals surface area contributed by atoms with E-state index in [-0.39, 0.29) is 0 Å². The molecule has 0 N–H and O–H groups in total. The summed E-state index contributed by atoms with van der Waals surface area (Å²) >= 11 is 0. The van der Waals surface area contributed by atoms with Crippen molar-refractivity contribution in [2.24, 2.45) is 0 Å². The molecule has 0 nitrogen and oxygen atoms in total. The van der Waals surface area contributed by atoms with Crippen LogP contribution in [0.3, 0.4) is 0 Å². The summed E-state index contributed by atoms with van der Waals surface area (Å²) in [5, 5.41) is 2.77. The van der Waals surface area contributed by atoms with Crippen molar-refractivity contribution in [2.45, 2.75) is 38.5 Å². The highest BCUT2D eigenvalue weighted by Gasteiger charge is 2.18. The minimum absolute atomic E-state index is 0.824. The van der Waals surface area contributed by atoms with Gasteiger partial charge in [-0.15, -0.1) is 0 Å². The Morgan fingerprint density at radius 1 is 0.938 bits per heavy atom. The summed E-state index contributed by atoms with van der Waals surface area (Å²) in [6, 6.07) is 13.5. The molecule has 16 heavy (non-hydrogen) atoms. The van der Waals surface area contributed by atoms with Crippen LogP contribution in [0, 0.1) is 6.92 Å². The van der Waals surface area contributed by atoms with E-state index in [1.54, 1.807) is 5.56 Å². The molecule has 0 amide bonds. The number of hydrogen-bond donors (Lipinski definition) is 0. The second-order valence-electron chi connectivity index (χ2n) is 5.04. The molecule has 0 saturated heterocycles. The van der Waals surface area contributed by atoms with Gasteiger partial charge in [0.15, 0.2) is 0 Å². The van der Waals surface area contributed by atoms with Crippen molar-refractivity contribution in [1.29, 1.82) is 0 Å². The molecular weight excluding hydrogens is 192 g/mol. The summed E-state index contributed by atoms with van der Waals surface area (Å²) < 4.78 is 0. The molecule has 0 aromatic heterocycles. The highest BCUT2D eigenvalue weighted by Crippen LogP contribution is 2.37. The molecule has 0 heterocycles. The normalized spacial score (nSPS) is 17.1. The molecule has 0 radical (unpaired) electrons. The molecule has 0 atom stereocenters. The van der Waals surface area contributed by atoms with E-state index >= 15 is 0 Å². The third-order valence-electron chi connectivity index (χ3n) is 3.93. The van der Waals surface area contributed by atoms with Crippen LogP contribution >= 0.6 is 0 Å². The monoisotopic (exact) mass is 210 g/mol. The predicted molar refractivity (Wildman–Crippen MR) is 69.9 cm³/mol. The van der Waals surface area contributed by atoms with Gasteiger partial charge in [-0.25, -0.2) is 0 Å². The van der Waals surface area contributed by atoms with Crippen LogP contribution in [0.2, 0.25) is 0 Å². The number of hydrogen-bond acceptors (Lipinski definition) is 0. The summed E-state index contributed by atoms with van der Waals surface area (Å²) in [7, 11) is 0. The number of aryl methyl sites for hydroxylation is 1. The zero-order valence-electron chi connectivity index (χ0n) is 9.87. The Morgan fingerprint density at radius 2 is 1.56 bits per heavy atom. The third-order valence-corrected chi connectivity index (χ3v) is 3.93. The summed E-state index contributed by atoms with van der Waals surface area (Å²) in [5.74, 6) is 0.824.